The number of esters is 1. The topological polar surface area (TPSA) is 93.2 Å². The molecule has 0 N–H and O–H groups in total. The molecule has 0 radical (unpaired) electrons. The third-order valence-electron chi connectivity index (χ3n) is 5.57. The van der Waals surface area contributed by atoms with Gasteiger partial charge in [-0.15, -0.1) is 0 Å². The van der Waals surface area contributed by atoms with Gasteiger partial charge in [0.25, 0.3) is 0 Å². The zero-order valence-corrected chi connectivity index (χ0v) is 21.0. The van der Waals surface area contributed by atoms with Crippen LogP contribution in [0.5, 0.6) is 0 Å². The molecule has 184 valence electrons. The first-order chi connectivity index (χ1) is 15.9. The van der Waals surface area contributed by atoms with Gasteiger partial charge < -0.3 is 9.47 Å². The number of anilines is 1. The number of benzene rings is 2. The number of hydrogen-bond acceptors (Lipinski definition) is 6. The maximum Gasteiger partial charge on any atom is 0.411 e. The van der Waals surface area contributed by atoms with Crippen LogP contribution in [0, 0.1) is 0 Å². The molecule has 9 heteroatoms. The number of likely N-dealkylation sites (tertiary alicyclic amines) is 1. The molecule has 1 aliphatic rings. The lowest BCUT2D eigenvalue weighted by Crippen LogP contribution is -2.45. The Hall–Kier alpha value is -3.07. The van der Waals surface area contributed by atoms with Crippen molar-refractivity contribution in [2.45, 2.75) is 57.8 Å². The van der Waals surface area contributed by atoms with Crippen LogP contribution in [0.1, 0.15) is 50.8 Å². The van der Waals surface area contributed by atoms with E-state index in [2.05, 4.69) is 0 Å². The second kappa shape index (κ2) is 10.0. The summed E-state index contributed by atoms with van der Waals surface area (Å²) in [6.45, 7) is 5.46. The lowest BCUT2D eigenvalue weighted by Gasteiger charge is -2.32. The van der Waals surface area contributed by atoms with Crippen molar-refractivity contribution in [2.75, 3.05) is 17.7 Å². The van der Waals surface area contributed by atoms with Crippen molar-refractivity contribution in [3.63, 3.8) is 0 Å². The summed E-state index contributed by atoms with van der Waals surface area (Å²) in [6.07, 6.45) is 1.49. The van der Waals surface area contributed by atoms with E-state index >= 15 is 0 Å². The molecule has 8 nitrogen and oxygen atoms in total. The minimum atomic E-state index is -3.58. The van der Waals surface area contributed by atoms with Crippen molar-refractivity contribution < 1.29 is 27.5 Å². The smallest absolute Gasteiger partial charge is 0.411 e. The Balaban J connectivity index is 1.98. The number of nitrogens with zero attached hydrogens (tertiary/aromatic N) is 2. The van der Waals surface area contributed by atoms with E-state index in [0.717, 1.165) is 11.1 Å². The maximum absolute atomic E-state index is 13.1. The largest absolute Gasteiger partial charge is 0.467 e. The summed E-state index contributed by atoms with van der Waals surface area (Å²) in [7, 11) is -2.30. The zero-order chi connectivity index (χ0) is 25.1. The van der Waals surface area contributed by atoms with E-state index in [4.69, 9.17) is 9.47 Å². The minimum absolute atomic E-state index is 0.175. The van der Waals surface area contributed by atoms with Crippen LogP contribution in [0.4, 0.5) is 10.5 Å². The van der Waals surface area contributed by atoms with Crippen LogP contribution < -0.4 is 4.31 Å². The molecule has 2 aromatic rings. The van der Waals surface area contributed by atoms with Crippen LogP contribution in [0.25, 0.3) is 0 Å². The van der Waals surface area contributed by atoms with Crippen LogP contribution in [0.15, 0.2) is 54.6 Å². The lowest BCUT2D eigenvalue weighted by molar-refractivity contribution is -0.146. The van der Waals surface area contributed by atoms with Crippen LogP contribution in [0.3, 0.4) is 0 Å². The molecule has 0 bridgehead atoms. The van der Waals surface area contributed by atoms with Gasteiger partial charge in [0, 0.05) is 0 Å². The fourth-order valence-corrected chi connectivity index (χ4v) is 4.99. The number of ether oxygens (including phenoxy) is 2. The van der Waals surface area contributed by atoms with Crippen LogP contribution >= 0.6 is 0 Å². The zero-order valence-electron chi connectivity index (χ0n) is 20.2. The van der Waals surface area contributed by atoms with Gasteiger partial charge in [-0.05, 0) is 56.9 Å². The number of rotatable bonds is 6. The summed E-state index contributed by atoms with van der Waals surface area (Å²) >= 11 is 0. The third-order valence-corrected chi connectivity index (χ3v) is 6.72. The molecule has 2 atom stereocenters. The molecule has 3 rings (SSSR count). The third kappa shape index (κ3) is 6.08. The summed E-state index contributed by atoms with van der Waals surface area (Å²) in [5.41, 5.74) is 1.31. The fraction of sp³-hybridized carbons (Fsp3) is 0.440. The molecule has 1 amide bonds. The van der Waals surface area contributed by atoms with Crippen LogP contribution in [0.2, 0.25) is 0 Å². The fourth-order valence-electron chi connectivity index (χ4n) is 4.11. The molecule has 0 aliphatic carbocycles. The summed E-state index contributed by atoms with van der Waals surface area (Å²) in [4.78, 5) is 26.9. The van der Waals surface area contributed by atoms with E-state index in [0.29, 0.717) is 18.5 Å². The molecular formula is C25H32N2O6S. The summed E-state index contributed by atoms with van der Waals surface area (Å²) in [5.74, 6) is -0.508. The standard InChI is InChI=1S/C25H32N2O6S/c1-25(2,3)33-24(29)27-21(14-15-22(27)23(28)32-4)19-12-9-13-20(16-19)26(34(5,30)31)17-18-10-7-6-8-11-18/h6-13,16,21-22H,14-15,17H2,1-5H3/t21?,22-/m1/s1. The van der Waals surface area contributed by atoms with Crippen molar-refractivity contribution in [3.05, 3.63) is 65.7 Å². The second-order valence-electron chi connectivity index (χ2n) is 9.37. The number of methoxy groups -OCH3 is 1. The summed E-state index contributed by atoms with van der Waals surface area (Å²) < 4.78 is 37.2. The first-order valence-electron chi connectivity index (χ1n) is 11.1. The highest BCUT2D eigenvalue weighted by atomic mass is 32.2. The van der Waals surface area contributed by atoms with Gasteiger partial charge in [-0.25, -0.2) is 18.0 Å². The van der Waals surface area contributed by atoms with Crippen LogP contribution in [-0.4, -0.2) is 50.4 Å². The Labute approximate surface area is 201 Å². The number of carbonyl (C=O) groups is 2. The molecule has 1 aliphatic heterocycles. The SMILES string of the molecule is COC(=O)[C@H]1CCC(c2cccc(N(Cc3ccccc3)S(C)(=O)=O)c2)N1C(=O)OC(C)(C)C. The number of amides is 1. The number of carbonyl (C=O) groups excluding carboxylic acids is 2. The monoisotopic (exact) mass is 488 g/mol. The maximum atomic E-state index is 13.1. The molecule has 1 unspecified atom stereocenters. The number of sulfonamides is 1. The molecule has 34 heavy (non-hydrogen) atoms. The van der Waals surface area contributed by atoms with Crippen LogP contribution in [-0.2, 0) is 30.8 Å². The minimum Gasteiger partial charge on any atom is -0.467 e. The predicted octanol–water partition coefficient (Wildman–Crippen LogP) is 4.27. The Bertz CT molecular complexity index is 1130. The Kier molecular flexibility index (Phi) is 7.55. The van der Waals surface area contributed by atoms with Crippen molar-refractivity contribution in [2.24, 2.45) is 0 Å². The van der Waals surface area contributed by atoms with Crippen molar-refractivity contribution in [1.29, 1.82) is 0 Å². The van der Waals surface area contributed by atoms with Gasteiger partial charge in [0.05, 0.1) is 31.6 Å². The Morgan fingerprint density at radius 3 is 2.32 bits per heavy atom. The lowest BCUT2D eigenvalue weighted by atomic mass is 10.0. The summed E-state index contributed by atoms with van der Waals surface area (Å²) in [6, 6.07) is 15.1. The van der Waals surface area contributed by atoms with Gasteiger partial charge in [-0.2, -0.15) is 0 Å². The van der Waals surface area contributed by atoms with E-state index in [1.807, 2.05) is 36.4 Å². The van der Waals surface area contributed by atoms with E-state index in [-0.39, 0.29) is 6.54 Å². The van der Waals surface area contributed by atoms with Gasteiger partial charge in [-0.1, -0.05) is 42.5 Å². The van der Waals surface area contributed by atoms with Gasteiger partial charge in [-0.3, -0.25) is 9.21 Å². The predicted molar refractivity (Wildman–Crippen MR) is 130 cm³/mol. The Morgan fingerprint density at radius 2 is 1.74 bits per heavy atom. The first-order valence-corrected chi connectivity index (χ1v) is 13.0. The normalized spacial score (nSPS) is 18.4. The van der Waals surface area contributed by atoms with Crippen molar-refractivity contribution in [3.8, 4) is 0 Å². The molecule has 0 aromatic heterocycles. The molecule has 1 heterocycles. The van der Waals surface area contributed by atoms with E-state index < -0.39 is 39.8 Å². The van der Waals surface area contributed by atoms with Gasteiger partial charge in [0.2, 0.25) is 10.0 Å². The highest BCUT2D eigenvalue weighted by Crippen LogP contribution is 2.39. The van der Waals surface area contributed by atoms with E-state index in [9.17, 15) is 18.0 Å². The average molecular weight is 489 g/mol. The van der Waals surface area contributed by atoms with Crippen molar-refractivity contribution >= 4 is 27.8 Å². The molecule has 0 spiro atoms. The van der Waals surface area contributed by atoms with Gasteiger partial charge in [0.1, 0.15) is 11.6 Å². The molecule has 0 saturated carbocycles. The average Bonchev–Trinajstić information content (AvgIpc) is 3.21. The van der Waals surface area contributed by atoms with Gasteiger partial charge in [0.15, 0.2) is 0 Å². The van der Waals surface area contributed by atoms with Gasteiger partial charge >= 0.3 is 12.1 Å². The summed E-state index contributed by atoms with van der Waals surface area (Å²) in [5, 5.41) is 0. The second-order valence-corrected chi connectivity index (χ2v) is 11.3. The van der Waals surface area contributed by atoms with E-state index in [1.165, 1.54) is 22.6 Å². The Morgan fingerprint density at radius 1 is 1.06 bits per heavy atom. The molecule has 2 aromatic carbocycles. The number of hydrogen-bond donors (Lipinski definition) is 0. The first kappa shape index (κ1) is 25.6. The quantitative estimate of drug-likeness (QED) is 0.564. The molecule has 1 saturated heterocycles. The highest BCUT2D eigenvalue weighted by Gasteiger charge is 2.44. The van der Waals surface area contributed by atoms with E-state index in [1.54, 1.807) is 39.0 Å². The molecule has 1 fully saturated rings. The highest BCUT2D eigenvalue weighted by molar-refractivity contribution is 7.92. The molecular weight excluding hydrogens is 456 g/mol. The van der Waals surface area contributed by atoms with Crippen molar-refractivity contribution in [1.82, 2.24) is 4.90 Å².